The number of rotatable bonds is 6. The number of carboxylic acid groups (broad SMARTS) is 1. The molecular formula is C11H17N5O3. The van der Waals surface area contributed by atoms with Crippen molar-refractivity contribution in [3.8, 4) is 0 Å². The second-order valence-corrected chi connectivity index (χ2v) is 3.99. The molecule has 3 N–H and O–H groups in total. The molecule has 19 heavy (non-hydrogen) atoms. The third kappa shape index (κ3) is 4.88. The van der Waals surface area contributed by atoms with Crippen LogP contribution in [0.25, 0.3) is 0 Å². The minimum atomic E-state index is -1.06. The molecule has 8 nitrogen and oxygen atoms in total. The molecule has 0 spiro atoms. The summed E-state index contributed by atoms with van der Waals surface area (Å²) in [7, 11) is 3.31. The van der Waals surface area contributed by atoms with Crippen LogP contribution in [0.2, 0.25) is 0 Å². The first kappa shape index (κ1) is 14.8. The van der Waals surface area contributed by atoms with E-state index in [1.54, 1.807) is 14.1 Å². The van der Waals surface area contributed by atoms with Crippen LogP contribution in [0, 0.1) is 0 Å². The Morgan fingerprint density at radius 1 is 1.37 bits per heavy atom. The maximum Gasteiger partial charge on any atom is 0.339 e. The first-order valence-electron chi connectivity index (χ1n) is 5.70. The number of hydrogen-bond acceptors (Lipinski definition) is 5. The number of hydrogen-bond donors (Lipinski definition) is 3. The molecule has 0 fully saturated rings. The number of aromatic carboxylic acids is 1. The monoisotopic (exact) mass is 267 g/mol. The number of amides is 2. The van der Waals surface area contributed by atoms with Gasteiger partial charge in [-0.25, -0.2) is 19.6 Å². The average molecular weight is 267 g/mol. The van der Waals surface area contributed by atoms with Gasteiger partial charge >= 0.3 is 12.0 Å². The van der Waals surface area contributed by atoms with Crippen molar-refractivity contribution in [3.05, 3.63) is 23.8 Å². The third-order valence-electron chi connectivity index (χ3n) is 2.30. The van der Waals surface area contributed by atoms with Gasteiger partial charge in [0.15, 0.2) is 0 Å². The van der Waals surface area contributed by atoms with Crippen LogP contribution in [0.5, 0.6) is 0 Å². The summed E-state index contributed by atoms with van der Waals surface area (Å²) >= 11 is 0. The van der Waals surface area contributed by atoms with Crippen molar-refractivity contribution < 1.29 is 14.7 Å². The lowest BCUT2D eigenvalue weighted by Crippen LogP contribution is -2.38. The zero-order valence-corrected chi connectivity index (χ0v) is 10.9. The van der Waals surface area contributed by atoms with Gasteiger partial charge in [0.1, 0.15) is 11.9 Å². The van der Waals surface area contributed by atoms with Crippen LogP contribution in [-0.2, 0) is 6.54 Å². The average Bonchev–Trinajstić information content (AvgIpc) is 2.38. The molecule has 2 amide bonds. The summed E-state index contributed by atoms with van der Waals surface area (Å²) in [6.45, 7) is 1.27. The summed E-state index contributed by atoms with van der Waals surface area (Å²) in [4.78, 5) is 31.1. The van der Waals surface area contributed by atoms with E-state index in [9.17, 15) is 9.59 Å². The Labute approximate surface area is 110 Å². The molecule has 0 saturated carbocycles. The largest absolute Gasteiger partial charge is 0.478 e. The van der Waals surface area contributed by atoms with Crippen LogP contribution < -0.4 is 10.6 Å². The van der Waals surface area contributed by atoms with E-state index in [2.05, 4.69) is 20.6 Å². The van der Waals surface area contributed by atoms with Gasteiger partial charge in [-0.2, -0.15) is 0 Å². The van der Waals surface area contributed by atoms with Gasteiger partial charge in [0.05, 0.1) is 5.69 Å². The van der Waals surface area contributed by atoms with Crippen LogP contribution in [0.15, 0.2) is 12.5 Å². The number of urea groups is 1. The molecule has 0 aliphatic rings. The second-order valence-electron chi connectivity index (χ2n) is 3.99. The second kappa shape index (κ2) is 7.27. The number of nitrogens with zero attached hydrogens (tertiary/aromatic N) is 3. The van der Waals surface area contributed by atoms with Gasteiger partial charge in [0, 0.05) is 39.9 Å². The van der Waals surface area contributed by atoms with Crippen LogP contribution in [0.1, 0.15) is 16.1 Å². The molecule has 8 heteroatoms. The van der Waals surface area contributed by atoms with E-state index in [-0.39, 0.29) is 11.6 Å². The molecule has 1 rings (SSSR count). The number of carboxylic acids is 1. The third-order valence-corrected chi connectivity index (χ3v) is 2.30. The molecule has 0 unspecified atom stereocenters. The molecule has 1 heterocycles. The molecule has 1 aromatic heterocycles. The fraction of sp³-hybridized carbons (Fsp3) is 0.455. The number of nitrogens with one attached hydrogen (secondary N) is 2. The molecule has 0 aliphatic carbocycles. The summed E-state index contributed by atoms with van der Waals surface area (Å²) in [5.74, 6) is -1.06. The van der Waals surface area contributed by atoms with E-state index in [1.165, 1.54) is 17.4 Å². The topological polar surface area (TPSA) is 107 Å². The highest BCUT2D eigenvalue weighted by Crippen LogP contribution is 2.02. The predicted molar refractivity (Wildman–Crippen MR) is 67.8 cm³/mol. The zero-order chi connectivity index (χ0) is 14.3. The minimum Gasteiger partial charge on any atom is -0.478 e. The van der Waals surface area contributed by atoms with Crippen molar-refractivity contribution >= 4 is 12.0 Å². The summed E-state index contributed by atoms with van der Waals surface area (Å²) in [5.41, 5.74) is 0.494. The lowest BCUT2D eigenvalue weighted by Gasteiger charge is -2.12. The van der Waals surface area contributed by atoms with Crippen molar-refractivity contribution in [3.63, 3.8) is 0 Å². The standard InChI is InChI=1S/C11H17N5O3/c1-16(2)11(19)14-4-3-12-6-9-8(10(17)18)5-13-7-15-9/h5,7,12H,3-4,6H2,1-2H3,(H,14,19)(H,17,18). The van der Waals surface area contributed by atoms with E-state index < -0.39 is 5.97 Å². The van der Waals surface area contributed by atoms with Crippen LogP contribution >= 0.6 is 0 Å². The number of aromatic nitrogens is 2. The predicted octanol–water partition coefficient (Wildman–Crippen LogP) is -0.464. The molecule has 0 atom stereocenters. The molecule has 0 aliphatic heterocycles. The Hall–Kier alpha value is -2.22. The highest BCUT2D eigenvalue weighted by atomic mass is 16.4. The summed E-state index contributed by atoms with van der Waals surface area (Å²) in [6.07, 6.45) is 2.57. The molecule has 1 aromatic rings. The van der Waals surface area contributed by atoms with Gasteiger partial charge in [-0.05, 0) is 0 Å². The van der Waals surface area contributed by atoms with Gasteiger partial charge < -0.3 is 20.6 Å². The molecule has 0 bridgehead atoms. The van der Waals surface area contributed by atoms with Crippen molar-refractivity contribution in [2.75, 3.05) is 27.2 Å². The van der Waals surface area contributed by atoms with E-state index in [1.807, 2.05) is 0 Å². The molecule has 104 valence electrons. The Balaban J connectivity index is 2.34. The smallest absolute Gasteiger partial charge is 0.339 e. The molecule has 0 radical (unpaired) electrons. The summed E-state index contributed by atoms with van der Waals surface area (Å²) in [6, 6.07) is -0.171. The fourth-order valence-corrected chi connectivity index (χ4v) is 1.30. The SMILES string of the molecule is CN(C)C(=O)NCCNCc1ncncc1C(=O)O. The Morgan fingerprint density at radius 2 is 2.11 bits per heavy atom. The van der Waals surface area contributed by atoms with E-state index in [0.717, 1.165) is 0 Å². The maximum absolute atomic E-state index is 11.2. The van der Waals surface area contributed by atoms with Crippen LogP contribution in [0.4, 0.5) is 4.79 Å². The van der Waals surface area contributed by atoms with Crippen LogP contribution in [-0.4, -0.2) is 59.2 Å². The molecular weight excluding hydrogens is 250 g/mol. The Bertz CT molecular complexity index is 450. The molecule has 0 aromatic carbocycles. The van der Waals surface area contributed by atoms with Crippen molar-refractivity contribution in [2.24, 2.45) is 0 Å². The van der Waals surface area contributed by atoms with Crippen LogP contribution in [0.3, 0.4) is 0 Å². The zero-order valence-electron chi connectivity index (χ0n) is 10.9. The van der Waals surface area contributed by atoms with E-state index in [4.69, 9.17) is 5.11 Å². The maximum atomic E-state index is 11.2. The Kier molecular flexibility index (Phi) is 5.68. The molecule has 0 saturated heterocycles. The van der Waals surface area contributed by atoms with Crippen molar-refractivity contribution in [1.29, 1.82) is 0 Å². The number of carbonyl (C=O) groups excluding carboxylic acids is 1. The minimum absolute atomic E-state index is 0.0762. The van der Waals surface area contributed by atoms with Gasteiger partial charge in [0.2, 0.25) is 0 Å². The van der Waals surface area contributed by atoms with Gasteiger partial charge in [-0.1, -0.05) is 0 Å². The summed E-state index contributed by atoms with van der Waals surface area (Å²) in [5, 5.41) is 14.6. The Morgan fingerprint density at radius 3 is 2.74 bits per heavy atom. The quantitative estimate of drug-likeness (QED) is 0.602. The lowest BCUT2D eigenvalue weighted by molar-refractivity contribution is 0.0694. The highest BCUT2D eigenvalue weighted by molar-refractivity contribution is 5.88. The summed E-state index contributed by atoms with van der Waals surface area (Å²) < 4.78 is 0. The van der Waals surface area contributed by atoms with Crippen molar-refractivity contribution in [2.45, 2.75) is 6.54 Å². The first-order valence-corrected chi connectivity index (χ1v) is 5.70. The fourth-order valence-electron chi connectivity index (χ4n) is 1.30. The number of carbonyl (C=O) groups is 2. The first-order chi connectivity index (χ1) is 9.02. The van der Waals surface area contributed by atoms with Gasteiger partial charge in [-0.3, -0.25) is 0 Å². The lowest BCUT2D eigenvalue weighted by atomic mass is 10.2. The van der Waals surface area contributed by atoms with Gasteiger partial charge in [-0.15, -0.1) is 0 Å². The highest BCUT2D eigenvalue weighted by Gasteiger charge is 2.10. The van der Waals surface area contributed by atoms with E-state index in [0.29, 0.717) is 25.3 Å². The van der Waals surface area contributed by atoms with E-state index >= 15 is 0 Å². The van der Waals surface area contributed by atoms with Crippen molar-refractivity contribution in [1.82, 2.24) is 25.5 Å². The van der Waals surface area contributed by atoms with Gasteiger partial charge in [0.25, 0.3) is 0 Å². The normalized spacial score (nSPS) is 10.0.